The van der Waals surface area contributed by atoms with Crippen molar-refractivity contribution < 1.29 is 5.11 Å². The summed E-state index contributed by atoms with van der Waals surface area (Å²) in [6, 6.07) is 12.2. The maximum absolute atomic E-state index is 10.3. The van der Waals surface area contributed by atoms with Gasteiger partial charge in [0.25, 0.3) is 0 Å². The van der Waals surface area contributed by atoms with Gasteiger partial charge in [-0.25, -0.2) is 4.98 Å². The number of aliphatic hydroxyl groups excluding tert-OH is 1. The van der Waals surface area contributed by atoms with E-state index in [1.54, 1.807) is 0 Å². The van der Waals surface area contributed by atoms with Crippen LogP contribution in [0.1, 0.15) is 36.8 Å². The first-order valence-electron chi connectivity index (χ1n) is 8.44. The third kappa shape index (κ3) is 2.31. The number of imidazole rings is 1. The molecule has 4 rings (SSSR count). The van der Waals surface area contributed by atoms with Crippen LogP contribution in [0.5, 0.6) is 0 Å². The minimum atomic E-state index is -0.334. The van der Waals surface area contributed by atoms with Gasteiger partial charge in [0.2, 0.25) is 0 Å². The van der Waals surface area contributed by atoms with Gasteiger partial charge < -0.3 is 10.4 Å². The predicted molar refractivity (Wildman–Crippen MR) is 94.0 cm³/mol. The fourth-order valence-electron chi connectivity index (χ4n) is 3.67. The Morgan fingerprint density at radius 3 is 2.88 bits per heavy atom. The van der Waals surface area contributed by atoms with Gasteiger partial charge in [-0.05, 0) is 43.5 Å². The lowest BCUT2D eigenvalue weighted by atomic mass is 9.92. The monoisotopic (exact) mass is 320 g/mol. The normalized spacial score (nSPS) is 21.0. The third-order valence-corrected chi connectivity index (χ3v) is 4.95. The number of para-hydroxylation sites is 2. The molecule has 1 aliphatic carbocycles. The van der Waals surface area contributed by atoms with Gasteiger partial charge in [0.1, 0.15) is 11.9 Å². The first-order chi connectivity index (χ1) is 11.7. The minimum Gasteiger partial charge on any atom is -0.391 e. The van der Waals surface area contributed by atoms with Crippen LogP contribution in [-0.4, -0.2) is 26.6 Å². The van der Waals surface area contributed by atoms with Gasteiger partial charge in [-0.1, -0.05) is 25.0 Å². The number of nitrogens with one attached hydrogen (secondary N) is 1. The van der Waals surface area contributed by atoms with Crippen molar-refractivity contribution in [2.45, 2.75) is 44.8 Å². The molecule has 2 heterocycles. The molecule has 0 spiro atoms. The molecule has 2 N–H and O–H groups in total. The first kappa shape index (κ1) is 15.0. The van der Waals surface area contributed by atoms with E-state index in [-0.39, 0.29) is 12.1 Å². The van der Waals surface area contributed by atoms with E-state index >= 15 is 0 Å². The molecule has 0 radical (unpaired) electrons. The van der Waals surface area contributed by atoms with Crippen LogP contribution in [-0.2, 0) is 0 Å². The zero-order valence-electron chi connectivity index (χ0n) is 13.7. The number of aliphatic hydroxyl groups is 1. The van der Waals surface area contributed by atoms with Gasteiger partial charge in [0, 0.05) is 0 Å². The van der Waals surface area contributed by atoms with Crippen LogP contribution in [0.4, 0.5) is 5.82 Å². The molecule has 1 aromatic carbocycles. The smallest absolute Gasteiger partial charge is 0.157 e. The molecule has 0 aliphatic heterocycles. The Bertz CT molecular complexity index is 953. The summed E-state index contributed by atoms with van der Waals surface area (Å²) in [7, 11) is 0. The van der Waals surface area contributed by atoms with Crippen LogP contribution in [0, 0.1) is 18.3 Å². The molecule has 2 unspecified atom stereocenters. The molecule has 1 saturated carbocycles. The largest absolute Gasteiger partial charge is 0.391 e. The van der Waals surface area contributed by atoms with Gasteiger partial charge in [-0.2, -0.15) is 5.26 Å². The number of pyridine rings is 1. The molecule has 5 heteroatoms. The topological polar surface area (TPSA) is 73.3 Å². The van der Waals surface area contributed by atoms with Crippen molar-refractivity contribution in [3.05, 3.63) is 41.5 Å². The molecule has 0 amide bonds. The Labute approximate surface area is 140 Å². The fourth-order valence-corrected chi connectivity index (χ4v) is 3.67. The Balaban J connectivity index is 1.93. The lowest BCUT2D eigenvalue weighted by Gasteiger charge is -2.29. The minimum absolute atomic E-state index is 0.0375. The number of nitrogens with zero attached hydrogens (tertiary/aromatic N) is 3. The molecular weight excluding hydrogens is 300 g/mol. The number of aryl methyl sites for hydroxylation is 1. The van der Waals surface area contributed by atoms with Gasteiger partial charge in [-0.3, -0.25) is 4.40 Å². The number of benzene rings is 1. The lowest BCUT2D eigenvalue weighted by molar-refractivity contribution is 0.116. The Morgan fingerprint density at radius 2 is 2.08 bits per heavy atom. The summed E-state index contributed by atoms with van der Waals surface area (Å²) in [6.07, 6.45) is 3.65. The maximum Gasteiger partial charge on any atom is 0.157 e. The summed E-state index contributed by atoms with van der Waals surface area (Å²) in [5.41, 5.74) is 4.00. The van der Waals surface area contributed by atoms with E-state index in [4.69, 9.17) is 0 Å². The van der Waals surface area contributed by atoms with E-state index in [2.05, 4.69) is 16.4 Å². The van der Waals surface area contributed by atoms with Gasteiger partial charge >= 0.3 is 0 Å². The van der Waals surface area contributed by atoms with E-state index in [9.17, 15) is 10.4 Å². The Kier molecular flexibility index (Phi) is 3.62. The van der Waals surface area contributed by atoms with Crippen LogP contribution in [0.2, 0.25) is 0 Å². The highest BCUT2D eigenvalue weighted by Gasteiger charge is 2.24. The summed E-state index contributed by atoms with van der Waals surface area (Å²) >= 11 is 0. The Morgan fingerprint density at radius 1 is 1.29 bits per heavy atom. The molecule has 0 saturated heterocycles. The zero-order chi connectivity index (χ0) is 16.7. The van der Waals surface area contributed by atoms with Crippen LogP contribution < -0.4 is 5.32 Å². The molecule has 122 valence electrons. The van der Waals surface area contributed by atoms with Crippen molar-refractivity contribution in [1.82, 2.24) is 9.38 Å². The van der Waals surface area contributed by atoms with Crippen LogP contribution >= 0.6 is 0 Å². The number of nitriles is 1. The highest BCUT2D eigenvalue weighted by molar-refractivity contribution is 5.85. The van der Waals surface area contributed by atoms with Gasteiger partial charge in [0.15, 0.2) is 5.65 Å². The molecule has 1 fully saturated rings. The predicted octanol–water partition coefficient (Wildman–Crippen LogP) is 3.38. The summed E-state index contributed by atoms with van der Waals surface area (Å²) < 4.78 is 2.00. The molecule has 2 atom stereocenters. The standard InChI is InChI=1S/C19H20N4O/c1-12-10-18(21-15-7-3-5-9-17(15)24)23-16-8-4-2-6-14(16)22-19(23)13(12)11-20/h2,4,6,8,10,15,17,21,24H,3,5,7,9H2,1H3. The quantitative estimate of drug-likeness (QED) is 0.759. The number of hydrogen-bond donors (Lipinski definition) is 2. The van der Waals surface area contributed by atoms with Crippen LogP contribution in [0.15, 0.2) is 30.3 Å². The number of hydrogen-bond acceptors (Lipinski definition) is 4. The second-order valence-corrected chi connectivity index (χ2v) is 6.56. The molecule has 3 aromatic rings. The maximum atomic E-state index is 10.3. The van der Waals surface area contributed by atoms with E-state index in [1.165, 1.54) is 0 Å². The lowest BCUT2D eigenvalue weighted by Crippen LogP contribution is -2.36. The molecular formula is C19H20N4O. The van der Waals surface area contributed by atoms with Crippen molar-refractivity contribution in [2.75, 3.05) is 5.32 Å². The second-order valence-electron chi connectivity index (χ2n) is 6.56. The van der Waals surface area contributed by atoms with E-state index in [1.807, 2.05) is 41.7 Å². The van der Waals surface area contributed by atoms with Crippen molar-refractivity contribution in [3.8, 4) is 6.07 Å². The van der Waals surface area contributed by atoms with Crippen molar-refractivity contribution in [1.29, 1.82) is 5.26 Å². The number of rotatable bonds is 2. The van der Waals surface area contributed by atoms with Crippen molar-refractivity contribution in [2.24, 2.45) is 0 Å². The first-order valence-corrected chi connectivity index (χ1v) is 8.44. The van der Waals surface area contributed by atoms with Gasteiger partial charge in [0.05, 0.1) is 28.7 Å². The second kappa shape index (κ2) is 5.81. The van der Waals surface area contributed by atoms with Crippen molar-refractivity contribution >= 4 is 22.5 Å². The summed E-state index contributed by atoms with van der Waals surface area (Å²) in [4.78, 5) is 4.66. The summed E-state index contributed by atoms with van der Waals surface area (Å²) in [6.45, 7) is 1.93. The molecule has 2 aromatic heterocycles. The molecule has 24 heavy (non-hydrogen) atoms. The van der Waals surface area contributed by atoms with E-state index in [0.717, 1.165) is 48.1 Å². The fraction of sp³-hybridized carbons (Fsp3) is 0.368. The highest BCUT2D eigenvalue weighted by Crippen LogP contribution is 2.29. The summed E-state index contributed by atoms with van der Waals surface area (Å²) in [5.74, 6) is 0.890. The number of fused-ring (bicyclic) bond motifs is 3. The SMILES string of the molecule is Cc1cc(NC2CCCCC2O)n2c(nc3ccccc32)c1C#N. The average molecular weight is 320 g/mol. The zero-order valence-corrected chi connectivity index (χ0v) is 13.7. The summed E-state index contributed by atoms with van der Waals surface area (Å²) in [5, 5.41) is 23.3. The van der Waals surface area contributed by atoms with Crippen LogP contribution in [0.3, 0.4) is 0 Å². The molecule has 5 nitrogen and oxygen atoms in total. The van der Waals surface area contributed by atoms with E-state index in [0.29, 0.717) is 11.2 Å². The van der Waals surface area contributed by atoms with Crippen molar-refractivity contribution in [3.63, 3.8) is 0 Å². The number of anilines is 1. The highest BCUT2D eigenvalue weighted by atomic mass is 16.3. The third-order valence-electron chi connectivity index (χ3n) is 4.95. The van der Waals surface area contributed by atoms with Gasteiger partial charge in [-0.15, -0.1) is 0 Å². The number of aromatic nitrogens is 2. The molecule has 1 aliphatic rings. The van der Waals surface area contributed by atoms with E-state index < -0.39 is 0 Å². The Hall–Kier alpha value is -2.58. The van der Waals surface area contributed by atoms with Crippen LogP contribution in [0.25, 0.3) is 16.7 Å². The molecule has 0 bridgehead atoms. The average Bonchev–Trinajstić information content (AvgIpc) is 2.96.